The molecule has 0 fully saturated rings. The maximum atomic E-state index is 7.00. The lowest BCUT2D eigenvalue weighted by Gasteiger charge is -2.22. The molecule has 12 rings (SSSR count). The summed E-state index contributed by atoms with van der Waals surface area (Å²) in [4.78, 5) is 20.0. The van der Waals surface area contributed by atoms with E-state index in [4.69, 9.17) is 28.8 Å². The first-order chi connectivity index (χ1) is 30.0. The van der Waals surface area contributed by atoms with E-state index < -0.39 is 0 Å². The molecule has 0 radical (unpaired) electrons. The molecule has 0 spiro atoms. The zero-order valence-corrected chi connectivity index (χ0v) is 33.4. The number of rotatable bonds is 6. The van der Waals surface area contributed by atoms with Crippen molar-refractivity contribution in [3.8, 4) is 79.0 Å². The van der Waals surface area contributed by atoms with Crippen molar-refractivity contribution in [2.24, 2.45) is 0 Å². The van der Waals surface area contributed by atoms with E-state index in [0.717, 1.165) is 77.5 Å². The standard InChI is InChI=1S/C55H36N4O2/c1-55(2)45-32-37(27-28-41(45)42-29-30-46-48(47(42)55)56-54(60-46)35-19-10-5-11-20-35)40-24-14-26-44-43-25-13-23-39(49(43)61-50(40)44)36-21-12-22-38(31-36)53-58-51(33-15-6-3-7-16-33)57-52(59-53)34-17-8-4-9-18-34/h3-32H,1-2H3. The van der Waals surface area contributed by atoms with Crippen molar-refractivity contribution in [2.45, 2.75) is 19.3 Å². The Hall–Kier alpha value is -7.96. The van der Waals surface area contributed by atoms with Gasteiger partial charge in [-0.05, 0) is 63.7 Å². The van der Waals surface area contributed by atoms with Crippen LogP contribution in [-0.4, -0.2) is 19.9 Å². The molecule has 11 aromatic rings. The van der Waals surface area contributed by atoms with Gasteiger partial charge in [-0.15, -0.1) is 0 Å². The molecular weight excluding hydrogens is 749 g/mol. The number of hydrogen-bond acceptors (Lipinski definition) is 6. The van der Waals surface area contributed by atoms with Crippen LogP contribution in [0.5, 0.6) is 0 Å². The van der Waals surface area contributed by atoms with E-state index in [-0.39, 0.29) is 5.41 Å². The van der Waals surface area contributed by atoms with E-state index in [0.29, 0.717) is 23.4 Å². The van der Waals surface area contributed by atoms with Crippen LogP contribution in [0.4, 0.5) is 0 Å². The van der Waals surface area contributed by atoms with Crippen molar-refractivity contribution >= 4 is 33.0 Å². The minimum Gasteiger partial charge on any atom is -0.455 e. The van der Waals surface area contributed by atoms with Gasteiger partial charge in [0.1, 0.15) is 16.7 Å². The van der Waals surface area contributed by atoms with Crippen LogP contribution in [0.1, 0.15) is 25.0 Å². The number of fused-ring (bicyclic) bond motifs is 8. The van der Waals surface area contributed by atoms with Crippen LogP contribution < -0.4 is 0 Å². The van der Waals surface area contributed by atoms with Gasteiger partial charge in [-0.2, -0.15) is 0 Å². The summed E-state index contributed by atoms with van der Waals surface area (Å²) in [6, 6.07) is 62.5. The molecule has 0 bridgehead atoms. The van der Waals surface area contributed by atoms with Gasteiger partial charge in [0.25, 0.3) is 0 Å². The molecule has 61 heavy (non-hydrogen) atoms. The summed E-state index contributed by atoms with van der Waals surface area (Å²) in [5.41, 5.74) is 15.9. The molecule has 6 nitrogen and oxygen atoms in total. The van der Waals surface area contributed by atoms with Gasteiger partial charge < -0.3 is 8.83 Å². The second kappa shape index (κ2) is 13.5. The zero-order valence-electron chi connectivity index (χ0n) is 33.4. The normalized spacial score (nSPS) is 12.9. The molecule has 6 heteroatoms. The lowest BCUT2D eigenvalue weighted by molar-refractivity contribution is 0.619. The first-order valence-electron chi connectivity index (χ1n) is 20.5. The molecule has 8 aromatic carbocycles. The largest absolute Gasteiger partial charge is 0.455 e. The Bertz CT molecular complexity index is 3440. The van der Waals surface area contributed by atoms with Gasteiger partial charge in [0.2, 0.25) is 5.89 Å². The van der Waals surface area contributed by atoms with Crippen LogP contribution in [0.3, 0.4) is 0 Å². The summed E-state index contributed by atoms with van der Waals surface area (Å²) >= 11 is 0. The molecule has 3 aromatic heterocycles. The summed E-state index contributed by atoms with van der Waals surface area (Å²) < 4.78 is 13.3. The fraction of sp³-hybridized carbons (Fsp3) is 0.0545. The summed E-state index contributed by atoms with van der Waals surface area (Å²) in [5, 5.41) is 2.14. The number of furan rings is 1. The molecule has 3 heterocycles. The molecule has 0 atom stereocenters. The predicted octanol–water partition coefficient (Wildman–Crippen LogP) is 14.2. The highest BCUT2D eigenvalue weighted by Crippen LogP contribution is 2.53. The monoisotopic (exact) mass is 784 g/mol. The number of para-hydroxylation sites is 2. The van der Waals surface area contributed by atoms with Gasteiger partial charge in [0, 0.05) is 49.6 Å². The molecule has 0 saturated heterocycles. The summed E-state index contributed by atoms with van der Waals surface area (Å²) in [5.74, 6) is 2.50. The van der Waals surface area contributed by atoms with Gasteiger partial charge >= 0.3 is 0 Å². The molecule has 0 unspecified atom stereocenters. The molecule has 0 aliphatic heterocycles. The summed E-state index contributed by atoms with van der Waals surface area (Å²) in [6.07, 6.45) is 0. The number of hydrogen-bond donors (Lipinski definition) is 0. The molecular formula is C55H36N4O2. The van der Waals surface area contributed by atoms with Crippen molar-refractivity contribution < 1.29 is 8.83 Å². The third-order valence-corrected chi connectivity index (χ3v) is 12.2. The predicted molar refractivity (Wildman–Crippen MR) is 245 cm³/mol. The van der Waals surface area contributed by atoms with Crippen LogP contribution in [0.2, 0.25) is 0 Å². The third-order valence-electron chi connectivity index (χ3n) is 12.2. The Morgan fingerprint density at radius 3 is 1.51 bits per heavy atom. The van der Waals surface area contributed by atoms with E-state index >= 15 is 0 Å². The Morgan fingerprint density at radius 1 is 0.377 bits per heavy atom. The highest BCUT2D eigenvalue weighted by molar-refractivity contribution is 6.13. The maximum Gasteiger partial charge on any atom is 0.227 e. The molecule has 0 amide bonds. The van der Waals surface area contributed by atoms with Crippen LogP contribution in [0.15, 0.2) is 191 Å². The second-order valence-corrected chi connectivity index (χ2v) is 16.2. The molecule has 1 aliphatic carbocycles. The first-order valence-corrected chi connectivity index (χ1v) is 20.5. The number of benzene rings is 8. The Labute approximate surface area is 351 Å². The average molecular weight is 785 g/mol. The zero-order chi connectivity index (χ0) is 40.7. The molecule has 288 valence electrons. The van der Waals surface area contributed by atoms with Crippen molar-refractivity contribution in [1.82, 2.24) is 19.9 Å². The van der Waals surface area contributed by atoms with E-state index in [1.165, 1.54) is 22.3 Å². The van der Waals surface area contributed by atoms with E-state index in [2.05, 4.69) is 105 Å². The minimum absolute atomic E-state index is 0.312. The quantitative estimate of drug-likeness (QED) is 0.167. The Kier molecular flexibility index (Phi) is 7.78. The number of aromatic nitrogens is 4. The minimum atomic E-state index is -0.312. The fourth-order valence-electron chi connectivity index (χ4n) is 9.19. The van der Waals surface area contributed by atoms with Crippen molar-refractivity contribution in [1.29, 1.82) is 0 Å². The smallest absolute Gasteiger partial charge is 0.227 e. The molecule has 1 aliphatic rings. The van der Waals surface area contributed by atoms with Crippen molar-refractivity contribution in [3.63, 3.8) is 0 Å². The summed E-state index contributed by atoms with van der Waals surface area (Å²) in [7, 11) is 0. The van der Waals surface area contributed by atoms with Gasteiger partial charge in [-0.1, -0.05) is 166 Å². The fourth-order valence-corrected chi connectivity index (χ4v) is 9.19. The maximum absolute atomic E-state index is 7.00. The SMILES string of the molecule is CC1(C)c2cc(-c3cccc4c3oc3c(-c5cccc(-c6nc(-c7ccccc7)nc(-c7ccccc7)n6)c5)cccc34)ccc2-c2ccc3oc(-c4ccccc4)nc3c21. The highest BCUT2D eigenvalue weighted by atomic mass is 16.3. The van der Waals surface area contributed by atoms with E-state index in [1.54, 1.807) is 0 Å². The lowest BCUT2D eigenvalue weighted by Crippen LogP contribution is -2.15. The van der Waals surface area contributed by atoms with Crippen LogP contribution in [0, 0.1) is 0 Å². The van der Waals surface area contributed by atoms with E-state index in [9.17, 15) is 0 Å². The Balaban J connectivity index is 0.950. The average Bonchev–Trinajstić information content (AvgIpc) is 4.00. The van der Waals surface area contributed by atoms with Crippen molar-refractivity contribution in [3.05, 3.63) is 193 Å². The molecule has 0 saturated carbocycles. The highest BCUT2D eigenvalue weighted by Gasteiger charge is 2.39. The van der Waals surface area contributed by atoms with Crippen LogP contribution >= 0.6 is 0 Å². The molecule has 0 N–H and O–H groups in total. The third kappa shape index (κ3) is 5.64. The van der Waals surface area contributed by atoms with Gasteiger partial charge in [-0.3, -0.25) is 0 Å². The van der Waals surface area contributed by atoms with Gasteiger partial charge in [0.05, 0.1) is 0 Å². The number of nitrogens with zero attached hydrogens (tertiary/aromatic N) is 4. The first kappa shape index (κ1) is 35.0. The van der Waals surface area contributed by atoms with Crippen LogP contribution in [-0.2, 0) is 5.41 Å². The lowest BCUT2D eigenvalue weighted by atomic mass is 9.81. The van der Waals surface area contributed by atoms with Gasteiger partial charge in [0.15, 0.2) is 23.1 Å². The van der Waals surface area contributed by atoms with E-state index in [1.807, 2.05) is 91.0 Å². The summed E-state index contributed by atoms with van der Waals surface area (Å²) in [6.45, 7) is 4.59. The topological polar surface area (TPSA) is 77.8 Å². The van der Waals surface area contributed by atoms with Gasteiger partial charge in [-0.25, -0.2) is 19.9 Å². The van der Waals surface area contributed by atoms with Crippen molar-refractivity contribution in [2.75, 3.05) is 0 Å². The van der Waals surface area contributed by atoms with Crippen LogP contribution in [0.25, 0.3) is 112 Å². The number of oxazole rings is 1. The second-order valence-electron chi connectivity index (χ2n) is 16.2. The Morgan fingerprint density at radius 2 is 0.885 bits per heavy atom.